The zero-order valence-electron chi connectivity index (χ0n) is 15.7. The van der Waals surface area contributed by atoms with Gasteiger partial charge in [-0.15, -0.1) is 11.3 Å². The third-order valence-corrected chi connectivity index (χ3v) is 6.22. The van der Waals surface area contributed by atoms with Crippen LogP contribution < -0.4 is 5.32 Å². The molecule has 1 aliphatic rings. The third-order valence-electron chi connectivity index (χ3n) is 5.31. The molecule has 1 fully saturated rings. The Kier molecular flexibility index (Phi) is 6.88. The van der Waals surface area contributed by atoms with E-state index in [0.29, 0.717) is 18.5 Å². The molecule has 1 atom stereocenters. The number of hydrogen-bond donors (Lipinski definition) is 1. The van der Waals surface area contributed by atoms with Gasteiger partial charge in [-0.2, -0.15) is 0 Å². The Morgan fingerprint density at radius 3 is 2.58 bits per heavy atom. The summed E-state index contributed by atoms with van der Waals surface area (Å²) in [6.45, 7) is 8.64. The van der Waals surface area contributed by atoms with Gasteiger partial charge in [-0.05, 0) is 29.5 Å². The van der Waals surface area contributed by atoms with E-state index in [0.717, 1.165) is 49.7 Å². The Morgan fingerprint density at radius 1 is 1.23 bits per heavy atom. The van der Waals surface area contributed by atoms with Gasteiger partial charge in [-0.1, -0.05) is 26.7 Å². The molecule has 0 bridgehead atoms. The number of thiophene rings is 1. The first kappa shape index (κ1) is 19.1. The highest BCUT2D eigenvalue weighted by Crippen LogP contribution is 2.23. The average molecular weight is 376 g/mol. The maximum Gasteiger partial charge on any atom is 0.263 e. The predicted octanol–water partition coefficient (Wildman–Crippen LogP) is 3.41. The lowest BCUT2D eigenvalue weighted by atomic mass is 9.92. The number of carbonyl (C=O) groups is 1. The van der Waals surface area contributed by atoms with Gasteiger partial charge >= 0.3 is 0 Å². The van der Waals surface area contributed by atoms with Gasteiger partial charge in [0.25, 0.3) is 5.91 Å². The zero-order valence-corrected chi connectivity index (χ0v) is 16.5. The maximum absolute atomic E-state index is 12.9. The molecule has 2 aromatic rings. The SMILES string of the molecule is CCC(CC)C(CNC(=O)c1sccc1-n1cccc1)N1CCOCC1. The van der Waals surface area contributed by atoms with Crippen LogP contribution in [-0.2, 0) is 4.74 Å². The van der Waals surface area contributed by atoms with Crippen molar-refractivity contribution in [1.82, 2.24) is 14.8 Å². The number of nitrogens with one attached hydrogen (secondary N) is 1. The summed E-state index contributed by atoms with van der Waals surface area (Å²) >= 11 is 1.50. The zero-order chi connectivity index (χ0) is 18.4. The van der Waals surface area contributed by atoms with Gasteiger partial charge in [-0.3, -0.25) is 9.69 Å². The van der Waals surface area contributed by atoms with Gasteiger partial charge in [0.15, 0.2) is 0 Å². The van der Waals surface area contributed by atoms with Crippen LogP contribution in [0.4, 0.5) is 0 Å². The highest BCUT2D eigenvalue weighted by atomic mass is 32.1. The first-order chi connectivity index (χ1) is 12.7. The van der Waals surface area contributed by atoms with Gasteiger partial charge in [0, 0.05) is 38.1 Å². The van der Waals surface area contributed by atoms with Crippen LogP contribution in [0.2, 0.25) is 0 Å². The first-order valence-electron chi connectivity index (χ1n) is 9.55. The normalized spacial score (nSPS) is 16.7. The molecule has 1 amide bonds. The fourth-order valence-electron chi connectivity index (χ4n) is 3.78. The standard InChI is InChI=1S/C20H29N3O2S/c1-3-16(4-2)18(23-10-12-25-13-11-23)15-21-20(24)19-17(7-14-26-19)22-8-5-6-9-22/h5-9,14,16,18H,3-4,10-13,15H2,1-2H3,(H,21,24). The number of aromatic nitrogens is 1. The summed E-state index contributed by atoms with van der Waals surface area (Å²) in [5.74, 6) is 0.605. The summed E-state index contributed by atoms with van der Waals surface area (Å²) in [5.41, 5.74) is 0.947. The minimum absolute atomic E-state index is 0.0212. The van der Waals surface area contributed by atoms with Crippen molar-refractivity contribution >= 4 is 17.2 Å². The summed E-state index contributed by atoms with van der Waals surface area (Å²) in [6, 6.07) is 6.31. The van der Waals surface area contributed by atoms with Gasteiger partial charge in [0.1, 0.15) is 4.88 Å². The van der Waals surface area contributed by atoms with E-state index in [1.165, 1.54) is 11.3 Å². The molecule has 1 saturated heterocycles. The largest absolute Gasteiger partial charge is 0.379 e. The van der Waals surface area contributed by atoms with E-state index in [1.807, 2.05) is 40.5 Å². The number of nitrogens with zero attached hydrogens (tertiary/aromatic N) is 2. The maximum atomic E-state index is 12.9. The summed E-state index contributed by atoms with van der Waals surface area (Å²) in [4.78, 5) is 16.1. The van der Waals surface area contributed by atoms with E-state index in [-0.39, 0.29) is 5.91 Å². The molecule has 26 heavy (non-hydrogen) atoms. The number of carbonyl (C=O) groups excluding carboxylic acids is 1. The van der Waals surface area contributed by atoms with Gasteiger partial charge in [0.2, 0.25) is 0 Å². The van der Waals surface area contributed by atoms with E-state index in [1.54, 1.807) is 0 Å². The average Bonchev–Trinajstić information content (AvgIpc) is 3.36. The third kappa shape index (κ3) is 4.37. The van der Waals surface area contributed by atoms with E-state index in [2.05, 4.69) is 24.1 Å². The molecule has 142 valence electrons. The quantitative estimate of drug-likeness (QED) is 0.769. The van der Waals surface area contributed by atoms with Crippen LogP contribution in [-0.4, -0.2) is 54.3 Å². The van der Waals surface area contributed by atoms with Crippen LogP contribution in [0.15, 0.2) is 36.0 Å². The second-order valence-electron chi connectivity index (χ2n) is 6.73. The summed E-state index contributed by atoms with van der Waals surface area (Å²) < 4.78 is 7.50. The minimum atomic E-state index is 0.0212. The summed E-state index contributed by atoms with van der Waals surface area (Å²) in [7, 11) is 0. The fourth-order valence-corrected chi connectivity index (χ4v) is 4.59. The van der Waals surface area contributed by atoms with E-state index >= 15 is 0 Å². The van der Waals surface area contributed by atoms with E-state index in [4.69, 9.17) is 4.74 Å². The van der Waals surface area contributed by atoms with Crippen molar-refractivity contribution < 1.29 is 9.53 Å². The molecule has 2 aromatic heterocycles. The highest BCUT2D eigenvalue weighted by Gasteiger charge is 2.27. The van der Waals surface area contributed by atoms with Crippen LogP contribution in [0.25, 0.3) is 5.69 Å². The van der Waals surface area contributed by atoms with Gasteiger partial charge in [0.05, 0.1) is 18.9 Å². The molecule has 3 rings (SSSR count). The molecular formula is C20H29N3O2S. The van der Waals surface area contributed by atoms with Crippen LogP contribution in [0, 0.1) is 5.92 Å². The second kappa shape index (κ2) is 9.35. The number of hydrogen-bond acceptors (Lipinski definition) is 4. The van der Waals surface area contributed by atoms with Crippen molar-refractivity contribution in [3.05, 3.63) is 40.8 Å². The Hall–Kier alpha value is -1.63. The van der Waals surface area contributed by atoms with Crippen LogP contribution in [0.5, 0.6) is 0 Å². The van der Waals surface area contributed by atoms with E-state index < -0.39 is 0 Å². The number of morpholine rings is 1. The smallest absolute Gasteiger partial charge is 0.263 e. The van der Waals surface area contributed by atoms with Crippen molar-refractivity contribution in [3.8, 4) is 5.69 Å². The number of ether oxygens (including phenoxy) is 1. The molecule has 0 aromatic carbocycles. The lowest BCUT2D eigenvalue weighted by molar-refractivity contribution is 0.00192. The molecule has 0 spiro atoms. The van der Waals surface area contributed by atoms with Crippen LogP contribution in [0.3, 0.4) is 0 Å². The molecule has 0 saturated carbocycles. The van der Waals surface area contributed by atoms with Crippen molar-refractivity contribution in [1.29, 1.82) is 0 Å². The van der Waals surface area contributed by atoms with Gasteiger partial charge < -0.3 is 14.6 Å². The number of rotatable bonds is 8. The molecule has 1 N–H and O–H groups in total. The lowest BCUT2D eigenvalue weighted by Gasteiger charge is -2.38. The second-order valence-corrected chi connectivity index (χ2v) is 7.64. The van der Waals surface area contributed by atoms with Crippen LogP contribution in [0.1, 0.15) is 36.4 Å². The Morgan fingerprint density at radius 2 is 1.92 bits per heavy atom. The summed E-state index contributed by atoms with van der Waals surface area (Å²) in [6.07, 6.45) is 6.20. The predicted molar refractivity (Wildman–Crippen MR) is 106 cm³/mol. The molecular weight excluding hydrogens is 346 g/mol. The van der Waals surface area contributed by atoms with Crippen molar-refractivity contribution in [2.24, 2.45) is 5.92 Å². The monoisotopic (exact) mass is 375 g/mol. The van der Waals surface area contributed by atoms with Crippen molar-refractivity contribution in [3.63, 3.8) is 0 Å². The topological polar surface area (TPSA) is 46.5 Å². The molecule has 6 heteroatoms. The molecule has 0 aliphatic carbocycles. The Bertz CT molecular complexity index is 673. The number of amides is 1. The molecule has 0 radical (unpaired) electrons. The van der Waals surface area contributed by atoms with E-state index in [9.17, 15) is 4.79 Å². The van der Waals surface area contributed by atoms with Crippen LogP contribution >= 0.6 is 11.3 Å². The minimum Gasteiger partial charge on any atom is -0.379 e. The summed E-state index contributed by atoms with van der Waals surface area (Å²) in [5, 5.41) is 5.19. The Balaban J connectivity index is 1.68. The highest BCUT2D eigenvalue weighted by molar-refractivity contribution is 7.12. The van der Waals surface area contributed by atoms with Gasteiger partial charge in [-0.25, -0.2) is 0 Å². The Labute approximate surface area is 160 Å². The first-order valence-corrected chi connectivity index (χ1v) is 10.4. The lowest BCUT2D eigenvalue weighted by Crippen LogP contribution is -2.52. The van der Waals surface area contributed by atoms with Crippen molar-refractivity contribution in [2.45, 2.75) is 32.7 Å². The molecule has 3 heterocycles. The van der Waals surface area contributed by atoms with Crippen molar-refractivity contribution in [2.75, 3.05) is 32.8 Å². The molecule has 1 aliphatic heterocycles. The fraction of sp³-hybridized carbons (Fsp3) is 0.550. The molecule has 5 nitrogen and oxygen atoms in total. The molecule has 1 unspecified atom stereocenters.